The molecule has 0 spiro atoms. The van der Waals surface area contributed by atoms with Gasteiger partial charge in [0, 0.05) is 18.5 Å². The largest absolute Gasteiger partial charge is 0.482 e. The number of Topliss-reactive ketones (excluding diaryl/α,β-unsaturated/α-hetero) is 1. The minimum atomic E-state index is -0.0361. The van der Waals surface area contributed by atoms with Gasteiger partial charge in [0.1, 0.15) is 5.75 Å². The van der Waals surface area contributed by atoms with Gasteiger partial charge >= 0.3 is 0 Å². The second-order valence-electron chi connectivity index (χ2n) is 5.04. The Morgan fingerprint density at radius 1 is 1.30 bits per heavy atom. The minimum absolute atomic E-state index is 0.0361. The summed E-state index contributed by atoms with van der Waals surface area (Å²) in [6.45, 7) is 4.83. The normalized spacial score (nSPS) is 13.9. The highest BCUT2D eigenvalue weighted by atomic mass is 16.5. The molecule has 1 aliphatic heterocycles. The molecule has 0 radical (unpaired) electrons. The lowest BCUT2D eigenvalue weighted by Crippen LogP contribution is -2.39. The van der Waals surface area contributed by atoms with Crippen molar-refractivity contribution in [3.05, 3.63) is 23.8 Å². The molecule has 0 bridgehead atoms. The molecule has 0 aromatic heterocycles. The summed E-state index contributed by atoms with van der Waals surface area (Å²) in [4.78, 5) is 25.7. The van der Waals surface area contributed by atoms with Crippen LogP contribution in [-0.2, 0) is 4.79 Å². The van der Waals surface area contributed by atoms with E-state index in [9.17, 15) is 9.59 Å². The Morgan fingerprint density at radius 3 is 2.80 bits per heavy atom. The molecule has 4 heteroatoms. The second-order valence-corrected chi connectivity index (χ2v) is 5.04. The van der Waals surface area contributed by atoms with Crippen molar-refractivity contribution in [1.29, 1.82) is 0 Å². The van der Waals surface area contributed by atoms with Crippen molar-refractivity contribution >= 4 is 17.4 Å². The number of anilines is 1. The van der Waals surface area contributed by atoms with Gasteiger partial charge in [0.15, 0.2) is 12.4 Å². The first-order chi connectivity index (χ1) is 9.67. The fourth-order valence-corrected chi connectivity index (χ4v) is 2.31. The van der Waals surface area contributed by atoms with Crippen LogP contribution in [0.3, 0.4) is 0 Å². The molecule has 20 heavy (non-hydrogen) atoms. The third kappa shape index (κ3) is 3.00. The van der Waals surface area contributed by atoms with Crippen molar-refractivity contribution in [1.82, 2.24) is 0 Å². The number of carbonyl (C=O) groups is 2. The first-order valence-electron chi connectivity index (χ1n) is 7.27. The van der Waals surface area contributed by atoms with Gasteiger partial charge in [-0.05, 0) is 31.0 Å². The van der Waals surface area contributed by atoms with Crippen LogP contribution in [-0.4, -0.2) is 24.8 Å². The van der Waals surface area contributed by atoms with E-state index in [1.54, 1.807) is 23.1 Å². The lowest BCUT2D eigenvalue weighted by atomic mass is 10.0. The van der Waals surface area contributed by atoms with Gasteiger partial charge in [0.25, 0.3) is 5.91 Å². The Bertz CT molecular complexity index is 510. The van der Waals surface area contributed by atoms with Crippen molar-refractivity contribution in [2.75, 3.05) is 18.1 Å². The predicted octanol–water partition coefficient (Wildman–Crippen LogP) is 3.19. The Balaban J connectivity index is 2.30. The summed E-state index contributed by atoms with van der Waals surface area (Å²) in [6, 6.07) is 5.37. The molecule has 0 atom stereocenters. The van der Waals surface area contributed by atoms with Gasteiger partial charge in [-0.2, -0.15) is 0 Å². The standard InChI is InChI=1S/C16H21NO3/c1-3-5-9-17-13-10-12(14(18)6-4-2)7-8-15(13)20-11-16(17)19/h7-8,10H,3-6,9,11H2,1-2H3. The van der Waals surface area contributed by atoms with Crippen LogP contribution in [0.2, 0.25) is 0 Å². The summed E-state index contributed by atoms with van der Waals surface area (Å²) in [6.07, 6.45) is 3.32. The smallest absolute Gasteiger partial charge is 0.265 e. The Labute approximate surface area is 119 Å². The summed E-state index contributed by atoms with van der Waals surface area (Å²) in [5, 5.41) is 0. The molecule has 1 aromatic rings. The number of amides is 1. The molecule has 0 saturated carbocycles. The summed E-state index contributed by atoms with van der Waals surface area (Å²) < 4.78 is 5.44. The van der Waals surface area contributed by atoms with Crippen LogP contribution in [0.5, 0.6) is 5.75 Å². The molecular formula is C16H21NO3. The number of ether oxygens (including phenoxy) is 1. The summed E-state index contributed by atoms with van der Waals surface area (Å²) in [5.74, 6) is 0.767. The Morgan fingerprint density at radius 2 is 2.10 bits per heavy atom. The minimum Gasteiger partial charge on any atom is -0.482 e. The highest BCUT2D eigenvalue weighted by Crippen LogP contribution is 2.33. The van der Waals surface area contributed by atoms with Gasteiger partial charge in [-0.15, -0.1) is 0 Å². The zero-order valence-electron chi connectivity index (χ0n) is 12.1. The van der Waals surface area contributed by atoms with Crippen LogP contribution in [0.15, 0.2) is 18.2 Å². The number of nitrogens with zero attached hydrogens (tertiary/aromatic N) is 1. The second kappa shape index (κ2) is 6.55. The van der Waals surface area contributed by atoms with Gasteiger partial charge < -0.3 is 9.64 Å². The number of ketones is 1. The van der Waals surface area contributed by atoms with E-state index in [2.05, 4.69) is 6.92 Å². The molecular weight excluding hydrogens is 254 g/mol. The van der Waals surface area contributed by atoms with E-state index in [-0.39, 0.29) is 18.3 Å². The topological polar surface area (TPSA) is 46.6 Å². The first-order valence-corrected chi connectivity index (χ1v) is 7.27. The number of carbonyl (C=O) groups excluding carboxylic acids is 2. The molecule has 0 saturated heterocycles. The maximum Gasteiger partial charge on any atom is 0.265 e. The molecule has 1 aromatic carbocycles. The molecule has 4 nitrogen and oxygen atoms in total. The van der Waals surface area contributed by atoms with Gasteiger partial charge in [0.2, 0.25) is 0 Å². The van der Waals surface area contributed by atoms with E-state index in [0.29, 0.717) is 24.3 Å². The molecule has 0 fully saturated rings. The van der Waals surface area contributed by atoms with Crippen molar-refractivity contribution in [3.63, 3.8) is 0 Å². The van der Waals surface area contributed by atoms with Crippen LogP contribution in [0.1, 0.15) is 49.9 Å². The van der Waals surface area contributed by atoms with Crippen molar-refractivity contribution < 1.29 is 14.3 Å². The lowest BCUT2D eigenvalue weighted by Gasteiger charge is -2.29. The zero-order valence-corrected chi connectivity index (χ0v) is 12.1. The van der Waals surface area contributed by atoms with E-state index < -0.39 is 0 Å². The first kappa shape index (κ1) is 14.6. The molecule has 2 rings (SSSR count). The highest BCUT2D eigenvalue weighted by molar-refractivity contribution is 6.01. The Kier molecular flexibility index (Phi) is 4.77. The fraction of sp³-hybridized carbons (Fsp3) is 0.500. The highest BCUT2D eigenvalue weighted by Gasteiger charge is 2.25. The maximum absolute atomic E-state index is 12.0. The zero-order chi connectivity index (χ0) is 14.5. The number of benzene rings is 1. The van der Waals surface area contributed by atoms with E-state index in [1.165, 1.54) is 0 Å². The number of unbranched alkanes of at least 4 members (excludes halogenated alkanes) is 1. The predicted molar refractivity (Wildman–Crippen MR) is 78.4 cm³/mol. The lowest BCUT2D eigenvalue weighted by molar-refractivity contribution is -0.121. The summed E-state index contributed by atoms with van der Waals surface area (Å²) >= 11 is 0. The van der Waals surface area contributed by atoms with Crippen molar-refractivity contribution in [2.24, 2.45) is 0 Å². The fourth-order valence-electron chi connectivity index (χ4n) is 2.31. The molecule has 1 amide bonds. The van der Waals surface area contributed by atoms with Gasteiger partial charge in [-0.25, -0.2) is 0 Å². The van der Waals surface area contributed by atoms with Crippen molar-refractivity contribution in [3.8, 4) is 5.75 Å². The number of fused-ring (bicyclic) bond motifs is 1. The Hall–Kier alpha value is -1.84. The molecule has 0 unspecified atom stereocenters. The van der Waals surface area contributed by atoms with Crippen LogP contribution < -0.4 is 9.64 Å². The average molecular weight is 275 g/mol. The van der Waals surface area contributed by atoms with Gasteiger partial charge in [0.05, 0.1) is 5.69 Å². The summed E-state index contributed by atoms with van der Waals surface area (Å²) in [7, 11) is 0. The quantitative estimate of drug-likeness (QED) is 0.749. The molecule has 0 N–H and O–H groups in total. The number of hydrogen-bond donors (Lipinski definition) is 0. The van der Waals surface area contributed by atoms with Crippen LogP contribution in [0.4, 0.5) is 5.69 Å². The molecule has 1 heterocycles. The van der Waals surface area contributed by atoms with Crippen molar-refractivity contribution in [2.45, 2.75) is 39.5 Å². The molecule has 0 aliphatic carbocycles. The third-order valence-electron chi connectivity index (χ3n) is 3.44. The third-order valence-corrected chi connectivity index (χ3v) is 3.44. The van der Waals surface area contributed by atoms with Crippen LogP contribution in [0, 0.1) is 0 Å². The van der Waals surface area contributed by atoms with E-state index in [1.807, 2.05) is 6.92 Å². The number of hydrogen-bond acceptors (Lipinski definition) is 3. The van der Waals surface area contributed by atoms with E-state index >= 15 is 0 Å². The maximum atomic E-state index is 12.0. The average Bonchev–Trinajstić information content (AvgIpc) is 2.46. The monoisotopic (exact) mass is 275 g/mol. The van der Waals surface area contributed by atoms with Crippen LogP contribution >= 0.6 is 0 Å². The van der Waals surface area contributed by atoms with E-state index in [0.717, 1.165) is 24.9 Å². The van der Waals surface area contributed by atoms with Gasteiger partial charge in [-0.3, -0.25) is 9.59 Å². The number of rotatable bonds is 6. The molecule has 1 aliphatic rings. The van der Waals surface area contributed by atoms with Crippen LogP contribution in [0.25, 0.3) is 0 Å². The molecule has 108 valence electrons. The van der Waals surface area contributed by atoms with E-state index in [4.69, 9.17) is 4.74 Å². The summed E-state index contributed by atoms with van der Waals surface area (Å²) in [5.41, 5.74) is 1.39. The SMILES string of the molecule is CCCCN1C(=O)COc2ccc(C(=O)CCC)cc21. The van der Waals surface area contributed by atoms with Gasteiger partial charge in [-0.1, -0.05) is 20.3 Å².